The van der Waals surface area contributed by atoms with Gasteiger partial charge in [-0.05, 0) is 26.1 Å². The Balaban J connectivity index is 3.80. The standard InChI is InChI=1S/C11H28N2Si/c1-5-9-10-13(14-8-4)11-12(6-2)7-3/h5-11,14H2,1-4H3. The van der Waals surface area contributed by atoms with Crippen molar-refractivity contribution in [3.8, 4) is 0 Å². The fraction of sp³-hybridized carbons (Fsp3) is 1.00. The number of hydrogen-bond donors (Lipinski definition) is 0. The van der Waals surface area contributed by atoms with Crippen LogP contribution in [0.5, 0.6) is 0 Å². The minimum absolute atomic E-state index is 0.0456. The van der Waals surface area contributed by atoms with Gasteiger partial charge in [-0.15, -0.1) is 0 Å². The summed E-state index contributed by atoms with van der Waals surface area (Å²) in [6, 6.07) is 1.41. The Labute approximate surface area is 92.6 Å². The molecule has 86 valence electrons. The molecule has 0 aromatic heterocycles. The fourth-order valence-electron chi connectivity index (χ4n) is 1.66. The Morgan fingerprint density at radius 2 is 1.64 bits per heavy atom. The normalized spacial score (nSPS) is 12.4. The maximum atomic E-state index is 2.72. The van der Waals surface area contributed by atoms with Crippen molar-refractivity contribution >= 4 is 9.68 Å². The molecule has 0 aromatic rings. The molecule has 0 amide bonds. The van der Waals surface area contributed by atoms with E-state index in [9.17, 15) is 0 Å². The highest BCUT2D eigenvalue weighted by molar-refractivity contribution is 6.31. The van der Waals surface area contributed by atoms with Crippen molar-refractivity contribution in [2.45, 2.75) is 46.6 Å². The summed E-state index contributed by atoms with van der Waals surface area (Å²) in [5, 5.41) is 0. The number of hydrogen-bond acceptors (Lipinski definition) is 2. The monoisotopic (exact) mass is 216 g/mol. The first-order valence-corrected chi connectivity index (χ1v) is 7.86. The first-order chi connectivity index (χ1) is 6.78. The van der Waals surface area contributed by atoms with E-state index < -0.39 is 0 Å². The smallest absolute Gasteiger partial charge is 0.0963 e. The van der Waals surface area contributed by atoms with Gasteiger partial charge in [0.25, 0.3) is 0 Å². The van der Waals surface area contributed by atoms with E-state index in [0.717, 1.165) is 0 Å². The molecule has 0 spiro atoms. The molecule has 0 heterocycles. The molecule has 0 saturated carbocycles. The highest BCUT2D eigenvalue weighted by Crippen LogP contribution is 1.98. The Kier molecular flexibility index (Phi) is 9.78. The van der Waals surface area contributed by atoms with Gasteiger partial charge in [-0.2, -0.15) is 0 Å². The lowest BCUT2D eigenvalue weighted by Crippen LogP contribution is -2.40. The number of rotatable bonds is 9. The van der Waals surface area contributed by atoms with Crippen LogP contribution >= 0.6 is 0 Å². The molecular formula is C11H28N2Si. The molecule has 0 saturated heterocycles. The van der Waals surface area contributed by atoms with Crippen LogP contribution in [-0.2, 0) is 0 Å². The summed E-state index contributed by atoms with van der Waals surface area (Å²) >= 11 is 0. The van der Waals surface area contributed by atoms with Crippen molar-refractivity contribution < 1.29 is 0 Å². The van der Waals surface area contributed by atoms with Gasteiger partial charge in [-0.1, -0.05) is 40.2 Å². The van der Waals surface area contributed by atoms with Crippen molar-refractivity contribution in [3.63, 3.8) is 0 Å². The Bertz CT molecular complexity index is 116. The van der Waals surface area contributed by atoms with Crippen LogP contribution in [0.3, 0.4) is 0 Å². The van der Waals surface area contributed by atoms with Gasteiger partial charge < -0.3 is 4.57 Å². The predicted molar refractivity (Wildman–Crippen MR) is 68.4 cm³/mol. The number of unbranched alkanes of at least 4 members (excludes halogenated alkanes) is 1. The summed E-state index contributed by atoms with van der Waals surface area (Å²) in [4.78, 5) is 2.53. The first-order valence-electron chi connectivity index (χ1n) is 6.23. The predicted octanol–water partition coefficient (Wildman–Crippen LogP) is 1.91. The van der Waals surface area contributed by atoms with Crippen LogP contribution in [0.25, 0.3) is 0 Å². The van der Waals surface area contributed by atoms with Crippen LogP contribution in [0.4, 0.5) is 0 Å². The molecule has 3 heteroatoms. The van der Waals surface area contributed by atoms with Crippen LogP contribution in [0, 0.1) is 0 Å². The number of nitrogens with zero attached hydrogens (tertiary/aromatic N) is 2. The lowest BCUT2D eigenvalue weighted by molar-refractivity contribution is 0.209. The van der Waals surface area contributed by atoms with E-state index in [2.05, 4.69) is 37.2 Å². The molecule has 0 unspecified atom stereocenters. The molecule has 2 nitrogen and oxygen atoms in total. The van der Waals surface area contributed by atoms with Gasteiger partial charge in [0.15, 0.2) is 0 Å². The second kappa shape index (κ2) is 9.68. The molecule has 0 fully saturated rings. The van der Waals surface area contributed by atoms with Crippen molar-refractivity contribution in [3.05, 3.63) is 0 Å². The topological polar surface area (TPSA) is 6.48 Å². The summed E-state index contributed by atoms with van der Waals surface area (Å²) in [6.07, 6.45) is 2.70. The molecule has 0 rings (SSSR count). The van der Waals surface area contributed by atoms with Crippen LogP contribution in [0.1, 0.15) is 40.5 Å². The molecular weight excluding hydrogens is 188 g/mol. The minimum Gasteiger partial charge on any atom is -0.317 e. The van der Waals surface area contributed by atoms with E-state index in [4.69, 9.17) is 0 Å². The first kappa shape index (κ1) is 14.1. The van der Waals surface area contributed by atoms with E-state index in [1.165, 1.54) is 45.2 Å². The summed E-state index contributed by atoms with van der Waals surface area (Å²) in [6.45, 7) is 14.1. The Morgan fingerprint density at radius 1 is 1.00 bits per heavy atom. The Hall–Kier alpha value is 0.137. The zero-order valence-corrected chi connectivity index (χ0v) is 12.0. The molecule has 14 heavy (non-hydrogen) atoms. The third kappa shape index (κ3) is 6.57. The van der Waals surface area contributed by atoms with E-state index in [0.29, 0.717) is 0 Å². The third-order valence-corrected chi connectivity index (χ3v) is 4.26. The van der Waals surface area contributed by atoms with Crippen molar-refractivity contribution in [2.75, 3.05) is 26.3 Å². The maximum Gasteiger partial charge on any atom is 0.0963 e. The molecule has 0 aliphatic rings. The average molecular weight is 216 g/mol. The average Bonchev–Trinajstić information content (AvgIpc) is 2.22. The highest BCUT2D eigenvalue weighted by Gasteiger charge is 2.06. The van der Waals surface area contributed by atoms with E-state index in [1.54, 1.807) is 0 Å². The third-order valence-electron chi connectivity index (χ3n) is 2.66. The molecule has 0 atom stereocenters. The second-order valence-corrected chi connectivity index (χ2v) is 6.26. The van der Waals surface area contributed by atoms with Crippen molar-refractivity contribution in [1.82, 2.24) is 9.47 Å². The van der Waals surface area contributed by atoms with Crippen LogP contribution in [0.15, 0.2) is 0 Å². The van der Waals surface area contributed by atoms with E-state index >= 15 is 0 Å². The van der Waals surface area contributed by atoms with Crippen LogP contribution in [-0.4, -0.2) is 45.4 Å². The second-order valence-electron chi connectivity index (χ2n) is 3.92. The molecule has 0 bridgehead atoms. The zero-order chi connectivity index (χ0) is 10.8. The largest absolute Gasteiger partial charge is 0.317 e. The quantitative estimate of drug-likeness (QED) is 0.429. The fourth-order valence-corrected chi connectivity index (χ4v) is 3.16. The molecule has 0 aliphatic heterocycles. The lowest BCUT2D eigenvalue weighted by Gasteiger charge is -2.28. The summed E-state index contributed by atoms with van der Waals surface area (Å²) in [7, 11) is 0.0456. The van der Waals surface area contributed by atoms with Gasteiger partial charge in [-0.3, -0.25) is 4.90 Å². The van der Waals surface area contributed by atoms with Crippen molar-refractivity contribution in [2.24, 2.45) is 0 Å². The summed E-state index contributed by atoms with van der Waals surface area (Å²) in [5.74, 6) is 0. The maximum absolute atomic E-state index is 2.72. The Morgan fingerprint density at radius 3 is 2.07 bits per heavy atom. The van der Waals surface area contributed by atoms with Gasteiger partial charge in [-0.25, -0.2) is 0 Å². The van der Waals surface area contributed by atoms with Gasteiger partial charge in [0.05, 0.1) is 9.68 Å². The van der Waals surface area contributed by atoms with Crippen molar-refractivity contribution in [1.29, 1.82) is 0 Å². The lowest BCUT2D eigenvalue weighted by atomic mass is 10.3. The summed E-state index contributed by atoms with van der Waals surface area (Å²) in [5.41, 5.74) is 0. The highest BCUT2D eigenvalue weighted by atomic mass is 28.2. The zero-order valence-electron chi connectivity index (χ0n) is 10.6. The van der Waals surface area contributed by atoms with E-state index in [1.807, 2.05) is 0 Å². The SMILES string of the molecule is CCCCN(CN(CC)CC)[SiH2]CC. The van der Waals surface area contributed by atoms with Gasteiger partial charge in [0, 0.05) is 6.67 Å². The van der Waals surface area contributed by atoms with Gasteiger partial charge in [0.1, 0.15) is 0 Å². The van der Waals surface area contributed by atoms with Gasteiger partial charge in [0.2, 0.25) is 0 Å². The molecule has 0 aliphatic carbocycles. The van der Waals surface area contributed by atoms with E-state index in [-0.39, 0.29) is 9.68 Å². The van der Waals surface area contributed by atoms with Crippen LogP contribution < -0.4 is 0 Å². The minimum atomic E-state index is 0.0456. The summed E-state index contributed by atoms with van der Waals surface area (Å²) < 4.78 is 2.72. The molecule has 0 aromatic carbocycles. The van der Waals surface area contributed by atoms with Crippen LogP contribution in [0.2, 0.25) is 6.04 Å². The van der Waals surface area contributed by atoms with Gasteiger partial charge >= 0.3 is 0 Å². The molecule has 0 N–H and O–H groups in total. The molecule has 0 radical (unpaired) electrons.